The maximum absolute atomic E-state index is 12.4. The van der Waals surface area contributed by atoms with Crippen LogP contribution in [0.2, 0.25) is 0 Å². The number of nitrogens with one attached hydrogen (secondary N) is 1. The molecule has 0 aliphatic carbocycles. The van der Waals surface area contributed by atoms with E-state index in [2.05, 4.69) is 22.4 Å². The molecule has 0 bridgehead atoms. The Morgan fingerprint density at radius 3 is 2.95 bits per heavy atom. The van der Waals surface area contributed by atoms with Crippen molar-refractivity contribution in [1.82, 2.24) is 15.2 Å². The minimum atomic E-state index is 0.0271. The zero-order valence-corrected chi connectivity index (χ0v) is 12.9. The third-order valence-electron chi connectivity index (χ3n) is 3.87. The van der Waals surface area contributed by atoms with E-state index in [-0.39, 0.29) is 11.9 Å². The van der Waals surface area contributed by atoms with Gasteiger partial charge in [-0.15, -0.1) is 11.3 Å². The fraction of sp³-hybridized carbons (Fsp3) is 0.375. The Morgan fingerprint density at radius 2 is 2.24 bits per heavy atom. The van der Waals surface area contributed by atoms with Gasteiger partial charge in [-0.1, -0.05) is 30.3 Å². The van der Waals surface area contributed by atoms with Crippen LogP contribution in [0.1, 0.15) is 27.5 Å². The lowest BCUT2D eigenvalue weighted by Crippen LogP contribution is -2.38. The molecule has 5 heteroatoms. The Hall–Kier alpha value is -1.72. The first kappa shape index (κ1) is 14.2. The lowest BCUT2D eigenvalue weighted by molar-refractivity contribution is 0.0738. The number of likely N-dealkylation sites (N-methyl/N-ethyl adjacent to an activating group) is 1. The second-order valence-corrected chi connectivity index (χ2v) is 6.29. The molecule has 1 aromatic carbocycles. The molecular formula is C16H19N3OS. The van der Waals surface area contributed by atoms with Crippen molar-refractivity contribution in [2.75, 3.05) is 20.1 Å². The van der Waals surface area contributed by atoms with E-state index < -0.39 is 0 Å². The van der Waals surface area contributed by atoms with Gasteiger partial charge in [0.15, 0.2) is 0 Å². The fourth-order valence-electron chi connectivity index (χ4n) is 2.58. The lowest BCUT2D eigenvalue weighted by Gasteiger charge is -2.22. The Morgan fingerprint density at radius 1 is 1.43 bits per heavy atom. The Bertz CT molecular complexity index is 605. The van der Waals surface area contributed by atoms with Gasteiger partial charge in [0.1, 0.15) is 5.69 Å². The highest BCUT2D eigenvalue weighted by atomic mass is 32.1. The van der Waals surface area contributed by atoms with Gasteiger partial charge in [-0.3, -0.25) is 4.79 Å². The van der Waals surface area contributed by atoms with Gasteiger partial charge in [0.2, 0.25) is 0 Å². The minimum absolute atomic E-state index is 0.0271. The van der Waals surface area contributed by atoms with Crippen molar-refractivity contribution in [2.45, 2.75) is 18.9 Å². The van der Waals surface area contributed by atoms with E-state index in [4.69, 9.17) is 0 Å². The number of aromatic nitrogens is 1. The summed E-state index contributed by atoms with van der Waals surface area (Å²) in [5.74, 6) is 0.0271. The van der Waals surface area contributed by atoms with Crippen LogP contribution in [0.5, 0.6) is 0 Å². The van der Waals surface area contributed by atoms with Crippen LogP contribution in [-0.2, 0) is 6.42 Å². The zero-order valence-electron chi connectivity index (χ0n) is 12.1. The zero-order chi connectivity index (χ0) is 14.7. The molecule has 110 valence electrons. The summed E-state index contributed by atoms with van der Waals surface area (Å²) in [7, 11) is 1.87. The summed E-state index contributed by atoms with van der Waals surface area (Å²) >= 11 is 1.56. The smallest absolute Gasteiger partial charge is 0.273 e. The van der Waals surface area contributed by atoms with Gasteiger partial charge >= 0.3 is 0 Å². The SMILES string of the molecule is CN(C(=O)c1csc(Cc2ccccc2)n1)C1CCNC1. The lowest BCUT2D eigenvalue weighted by atomic mass is 10.2. The molecule has 21 heavy (non-hydrogen) atoms. The molecule has 1 amide bonds. The molecule has 1 N–H and O–H groups in total. The highest BCUT2D eigenvalue weighted by molar-refractivity contribution is 7.09. The van der Waals surface area contributed by atoms with Gasteiger partial charge in [-0.2, -0.15) is 0 Å². The number of nitrogens with zero attached hydrogens (tertiary/aromatic N) is 2. The molecule has 4 nitrogen and oxygen atoms in total. The third-order valence-corrected chi connectivity index (χ3v) is 4.72. The number of carbonyl (C=O) groups is 1. The van der Waals surface area contributed by atoms with Crippen LogP contribution in [-0.4, -0.2) is 42.0 Å². The maximum atomic E-state index is 12.4. The summed E-state index contributed by atoms with van der Waals surface area (Å²) in [6.45, 7) is 1.86. The molecule has 3 rings (SSSR count). The van der Waals surface area contributed by atoms with Crippen molar-refractivity contribution in [2.24, 2.45) is 0 Å². The Labute approximate surface area is 128 Å². The van der Waals surface area contributed by atoms with Gasteiger partial charge in [0, 0.05) is 31.4 Å². The van der Waals surface area contributed by atoms with Crippen molar-refractivity contribution < 1.29 is 4.79 Å². The van der Waals surface area contributed by atoms with E-state index >= 15 is 0 Å². The number of hydrogen-bond acceptors (Lipinski definition) is 4. The topological polar surface area (TPSA) is 45.2 Å². The largest absolute Gasteiger partial charge is 0.336 e. The van der Waals surface area contributed by atoms with E-state index in [1.54, 1.807) is 11.3 Å². The van der Waals surface area contributed by atoms with Crippen LogP contribution < -0.4 is 5.32 Å². The number of rotatable bonds is 4. The van der Waals surface area contributed by atoms with Crippen molar-refractivity contribution in [3.05, 3.63) is 52.0 Å². The summed E-state index contributed by atoms with van der Waals surface area (Å²) in [5.41, 5.74) is 1.79. The molecule has 1 atom stereocenters. The first-order valence-corrected chi connectivity index (χ1v) is 8.08. The van der Waals surface area contributed by atoms with Gasteiger partial charge < -0.3 is 10.2 Å². The first-order valence-electron chi connectivity index (χ1n) is 7.20. The quantitative estimate of drug-likeness (QED) is 0.941. The number of amides is 1. The molecule has 1 unspecified atom stereocenters. The first-order chi connectivity index (χ1) is 10.2. The molecule has 1 aliphatic rings. The standard InChI is InChI=1S/C16H19N3OS/c1-19(13-7-8-17-10-13)16(20)14-11-21-15(18-14)9-12-5-3-2-4-6-12/h2-6,11,13,17H,7-10H2,1H3. The number of hydrogen-bond donors (Lipinski definition) is 1. The van der Waals surface area contributed by atoms with Crippen LogP contribution >= 0.6 is 11.3 Å². The fourth-order valence-corrected chi connectivity index (χ4v) is 3.38. The minimum Gasteiger partial charge on any atom is -0.336 e. The Balaban J connectivity index is 1.68. The number of benzene rings is 1. The molecule has 0 spiro atoms. The van der Waals surface area contributed by atoms with Gasteiger partial charge in [0.05, 0.1) is 5.01 Å². The van der Waals surface area contributed by atoms with Crippen molar-refractivity contribution in [3.8, 4) is 0 Å². The summed E-state index contributed by atoms with van der Waals surface area (Å²) in [4.78, 5) is 18.8. The molecule has 1 saturated heterocycles. The van der Waals surface area contributed by atoms with E-state index in [1.165, 1.54) is 5.56 Å². The van der Waals surface area contributed by atoms with Crippen molar-refractivity contribution in [3.63, 3.8) is 0 Å². The summed E-state index contributed by atoms with van der Waals surface area (Å²) < 4.78 is 0. The average Bonchev–Trinajstić information content (AvgIpc) is 3.18. The summed E-state index contributed by atoms with van der Waals surface area (Å²) in [6.07, 6.45) is 1.80. The van der Waals surface area contributed by atoms with Gasteiger partial charge in [-0.05, 0) is 18.5 Å². The molecule has 1 aliphatic heterocycles. The number of carbonyl (C=O) groups excluding carboxylic acids is 1. The van der Waals surface area contributed by atoms with Crippen LogP contribution in [0.3, 0.4) is 0 Å². The van der Waals surface area contributed by atoms with Crippen LogP contribution in [0, 0.1) is 0 Å². The van der Waals surface area contributed by atoms with Crippen LogP contribution in [0.4, 0.5) is 0 Å². The molecule has 1 aromatic heterocycles. The predicted octanol–water partition coefficient (Wildman–Crippen LogP) is 2.17. The normalized spacial score (nSPS) is 17.9. The highest BCUT2D eigenvalue weighted by Crippen LogP contribution is 2.17. The molecule has 1 fully saturated rings. The molecule has 2 aromatic rings. The Kier molecular flexibility index (Phi) is 4.31. The predicted molar refractivity (Wildman–Crippen MR) is 84.7 cm³/mol. The average molecular weight is 301 g/mol. The maximum Gasteiger partial charge on any atom is 0.273 e. The van der Waals surface area contributed by atoms with E-state index in [0.717, 1.165) is 30.9 Å². The summed E-state index contributed by atoms with van der Waals surface area (Å²) in [5, 5.41) is 6.15. The molecule has 0 saturated carbocycles. The van der Waals surface area contributed by atoms with E-state index in [0.29, 0.717) is 5.69 Å². The monoisotopic (exact) mass is 301 g/mol. The molecular weight excluding hydrogens is 282 g/mol. The highest BCUT2D eigenvalue weighted by Gasteiger charge is 2.25. The molecule has 0 radical (unpaired) electrons. The van der Waals surface area contributed by atoms with Crippen LogP contribution in [0.15, 0.2) is 35.7 Å². The van der Waals surface area contributed by atoms with Gasteiger partial charge in [-0.25, -0.2) is 4.98 Å². The van der Waals surface area contributed by atoms with E-state index in [1.807, 2.05) is 35.5 Å². The van der Waals surface area contributed by atoms with Gasteiger partial charge in [0.25, 0.3) is 5.91 Å². The second kappa shape index (κ2) is 6.37. The molecule has 2 heterocycles. The third kappa shape index (κ3) is 3.31. The van der Waals surface area contributed by atoms with E-state index in [9.17, 15) is 4.79 Å². The van der Waals surface area contributed by atoms with Crippen molar-refractivity contribution in [1.29, 1.82) is 0 Å². The van der Waals surface area contributed by atoms with Crippen LogP contribution in [0.25, 0.3) is 0 Å². The second-order valence-electron chi connectivity index (χ2n) is 5.35. The van der Waals surface area contributed by atoms with Crippen molar-refractivity contribution >= 4 is 17.2 Å². The summed E-state index contributed by atoms with van der Waals surface area (Å²) in [6, 6.07) is 10.5. The number of thiazole rings is 1.